The first-order chi connectivity index (χ1) is 21.6. The van der Waals surface area contributed by atoms with Gasteiger partial charge in [0.25, 0.3) is 0 Å². The number of ether oxygens (including phenoxy) is 6. The van der Waals surface area contributed by atoms with Crippen LogP contribution >= 0.6 is 0 Å². The van der Waals surface area contributed by atoms with E-state index in [1.807, 2.05) is 0 Å². The van der Waals surface area contributed by atoms with Crippen LogP contribution in [0.15, 0.2) is 38.6 Å². The maximum absolute atomic E-state index is 12.7. The number of urea groups is 2. The Hall–Kier alpha value is -4.85. The molecule has 0 radical (unpaired) electrons. The van der Waals surface area contributed by atoms with E-state index in [-0.39, 0.29) is 51.0 Å². The number of amides is 4. The van der Waals surface area contributed by atoms with Crippen LogP contribution in [0, 0.1) is 0 Å². The van der Waals surface area contributed by atoms with Gasteiger partial charge in [-0.25, -0.2) is 52.2 Å². The largest absolute Gasteiger partial charge is 0.460 e. The highest BCUT2D eigenvalue weighted by atomic mass is 16.5. The number of rotatable bonds is 16. The normalized spacial score (nSPS) is 13.4. The van der Waals surface area contributed by atoms with Crippen molar-refractivity contribution in [1.82, 2.24) is 28.4 Å². The second kappa shape index (κ2) is 16.3. The fourth-order valence-electron chi connectivity index (χ4n) is 4.18. The summed E-state index contributed by atoms with van der Waals surface area (Å²) in [7, 11) is 5.26. The Kier molecular flexibility index (Phi) is 12.5. The Bertz CT molecular complexity index is 1520. The van der Waals surface area contributed by atoms with Crippen LogP contribution < -0.4 is 17.1 Å². The van der Waals surface area contributed by atoms with Crippen LogP contribution in [0.5, 0.6) is 0 Å². The van der Waals surface area contributed by atoms with E-state index >= 15 is 0 Å². The van der Waals surface area contributed by atoms with Crippen LogP contribution in [0.3, 0.4) is 0 Å². The molecule has 45 heavy (non-hydrogen) atoms. The molecule has 0 atom stereocenters. The minimum absolute atomic E-state index is 0.0110. The number of hydrogen-bond acceptors (Lipinski definition) is 13. The van der Waals surface area contributed by atoms with Gasteiger partial charge >= 0.3 is 41.1 Å². The molecule has 0 spiro atoms. The maximum atomic E-state index is 12.7. The fraction of sp³-hybridized carbons (Fsp3) is 0.500. The molecule has 0 saturated carbocycles. The molecule has 1 fully saturated rings. The van der Waals surface area contributed by atoms with E-state index in [1.165, 1.54) is 62.5 Å². The number of esters is 2. The average Bonchev–Trinajstić information content (AvgIpc) is 3.03. The Balaban J connectivity index is 1.61. The number of imide groups is 1. The minimum atomic E-state index is -0.962. The molecule has 246 valence electrons. The third-order valence-corrected chi connectivity index (χ3v) is 6.27. The molecule has 1 aromatic heterocycles. The van der Waals surface area contributed by atoms with Crippen molar-refractivity contribution in [3.05, 3.63) is 66.8 Å². The summed E-state index contributed by atoms with van der Waals surface area (Å²) < 4.78 is 32.2. The lowest BCUT2D eigenvalue weighted by atomic mass is 10.1. The topological polar surface area (TPSA) is 199 Å². The minimum Gasteiger partial charge on any atom is -0.460 e. The molecule has 1 aromatic carbocycles. The van der Waals surface area contributed by atoms with Gasteiger partial charge in [0.1, 0.15) is 46.8 Å². The van der Waals surface area contributed by atoms with Gasteiger partial charge in [0.15, 0.2) is 0 Å². The van der Waals surface area contributed by atoms with E-state index in [1.54, 1.807) is 0 Å². The van der Waals surface area contributed by atoms with Gasteiger partial charge in [0.2, 0.25) is 0 Å². The SMILES string of the molecule is COCN1CN(CCOC(=O)c2cccc(C(=O)OCCn3c(=O)n(COC)c(=O)n(COC)c3=O)c2)C(=O)N(COC)C1=O. The standard InChI is InChI=1S/C26H34N6O13/c1-40-14-28-13-27(22(35)30(15-41-2)23(28)36)8-10-44-20(33)18-6-5-7-19(12-18)21(34)45-11-9-29-24(37)31(16-42-3)26(39)32(17-43-4)25(29)38/h5-7,12H,8-11,13-17H2,1-4H3. The van der Waals surface area contributed by atoms with Crippen molar-refractivity contribution in [2.45, 2.75) is 20.0 Å². The summed E-state index contributed by atoms with van der Waals surface area (Å²) in [5.74, 6) is -1.65. The monoisotopic (exact) mass is 638 g/mol. The first kappa shape index (κ1) is 34.6. The van der Waals surface area contributed by atoms with Crippen LogP contribution in [0.25, 0.3) is 0 Å². The van der Waals surface area contributed by atoms with Crippen LogP contribution in [0.1, 0.15) is 20.7 Å². The van der Waals surface area contributed by atoms with Crippen molar-refractivity contribution >= 4 is 24.0 Å². The Morgan fingerprint density at radius 1 is 0.622 bits per heavy atom. The molecule has 2 heterocycles. The number of carbonyl (C=O) groups is 4. The van der Waals surface area contributed by atoms with Gasteiger partial charge in [-0.1, -0.05) is 6.07 Å². The van der Waals surface area contributed by atoms with Crippen molar-refractivity contribution in [1.29, 1.82) is 0 Å². The average molecular weight is 639 g/mol. The number of aromatic nitrogens is 3. The number of nitrogens with zero attached hydrogens (tertiary/aromatic N) is 6. The molecule has 0 bridgehead atoms. The van der Waals surface area contributed by atoms with E-state index in [2.05, 4.69) is 0 Å². The Labute approximate surface area is 255 Å². The van der Waals surface area contributed by atoms with Gasteiger partial charge in [0.05, 0.1) is 24.2 Å². The van der Waals surface area contributed by atoms with Gasteiger partial charge in [0, 0.05) is 28.4 Å². The van der Waals surface area contributed by atoms with Gasteiger partial charge in [-0.3, -0.25) is 4.90 Å². The Morgan fingerprint density at radius 2 is 1.09 bits per heavy atom. The number of methoxy groups -OCH3 is 4. The smallest absolute Gasteiger partial charge is 0.340 e. The first-order valence-corrected chi connectivity index (χ1v) is 13.3. The zero-order valence-electron chi connectivity index (χ0n) is 25.2. The molecule has 19 nitrogen and oxygen atoms in total. The van der Waals surface area contributed by atoms with E-state index < -0.39 is 61.1 Å². The molecular formula is C26H34N6O13. The maximum Gasteiger partial charge on any atom is 0.340 e. The van der Waals surface area contributed by atoms with Crippen molar-refractivity contribution in [2.24, 2.45) is 0 Å². The predicted octanol–water partition coefficient (Wildman–Crippen LogP) is -1.28. The summed E-state index contributed by atoms with van der Waals surface area (Å²) in [4.78, 5) is 91.7. The first-order valence-electron chi connectivity index (χ1n) is 13.3. The summed E-state index contributed by atoms with van der Waals surface area (Å²) in [6.07, 6.45) is 0. The van der Waals surface area contributed by atoms with Crippen molar-refractivity contribution in [2.75, 3.05) is 68.3 Å². The molecule has 2 aromatic rings. The third-order valence-electron chi connectivity index (χ3n) is 6.27. The highest BCUT2D eigenvalue weighted by molar-refractivity contribution is 5.96. The predicted molar refractivity (Wildman–Crippen MR) is 150 cm³/mol. The lowest BCUT2D eigenvalue weighted by molar-refractivity contribution is -0.00734. The van der Waals surface area contributed by atoms with Gasteiger partial charge in [-0.05, 0) is 18.2 Å². The fourth-order valence-corrected chi connectivity index (χ4v) is 4.18. The molecule has 1 saturated heterocycles. The summed E-state index contributed by atoms with van der Waals surface area (Å²) >= 11 is 0. The number of hydrogen-bond donors (Lipinski definition) is 0. The number of carbonyl (C=O) groups excluding carboxylic acids is 4. The van der Waals surface area contributed by atoms with Crippen LogP contribution in [-0.2, 0) is 48.4 Å². The highest BCUT2D eigenvalue weighted by Gasteiger charge is 2.37. The summed E-state index contributed by atoms with van der Waals surface area (Å²) in [5.41, 5.74) is -2.86. The van der Waals surface area contributed by atoms with Crippen molar-refractivity contribution in [3.63, 3.8) is 0 Å². The quantitative estimate of drug-likeness (QED) is 0.197. The highest BCUT2D eigenvalue weighted by Crippen LogP contribution is 2.14. The number of benzene rings is 1. The zero-order valence-corrected chi connectivity index (χ0v) is 25.2. The molecule has 1 aliphatic heterocycles. The van der Waals surface area contributed by atoms with Gasteiger partial charge in [-0.2, -0.15) is 0 Å². The van der Waals surface area contributed by atoms with Crippen molar-refractivity contribution < 1.29 is 47.6 Å². The molecule has 0 N–H and O–H groups in total. The summed E-state index contributed by atoms with van der Waals surface area (Å²) in [6.45, 7) is -2.37. The van der Waals surface area contributed by atoms with Crippen LogP contribution in [0.4, 0.5) is 9.59 Å². The van der Waals surface area contributed by atoms with Crippen LogP contribution in [0.2, 0.25) is 0 Å². The van der Waals surface area contributed by atoms with Crippen LogP contribution in [-0.4, -0.2) is 121 Å². The molecule has 19 heteroatoms. The van der Waals surface area contributed by atoms with Gasteiger partial charge < -0.3 is 33.3 Å². The zero-order chi connectivity index (χ0) is 33.1. The lowest BCUT2D eigenvalue weighted by Gasteiger charge is -2.40. The molecule has 0 unspecified atom stereocenters. The van der Waals surface area contributed by atoms with E-state index in [0.29, 0.717) is 13.7 Å². The van der Waals surface area contributed by atoms with E-state index in [4.69, 9.17) is 28.4 Å². The van der Waals surface area contributed by atoms with Gasteiger partial charge in [-0.15, -0.1) is 0 Å². The van der Waals surface area contributed by atoms with E-state index in [0.717, 1.165) is 4.90 Å². The molecule has 3 rings (SSSR count). The Morgan fingerprint density at radius 3 is 1.60 bits per heavy atom. The third kappa shape index (κ3) is 8.20. The molecular weight excluding hydrogens is 604 g/mol. The summed E-state index contributed by atoms with van der Waals surface area (Å²) in [5, 5.41) is 0. The second-order valence-electron chi connectivity index (χ2n) is 9.32. The molecule has 1 aliphatic rings. The lowest BCUT2D eigenvalue weighted by Crippen LogP contribution is -2.62. The molecule has 0 aliphatic carbocycles. The van der Waals surface area contributed by atoms with E-state index in [9.17, 15) is 33.6 Å². The molecule has 4 amide bonds. The second-order valence-corrected chi connectivity index (χ2v) is 9.32. The summed E-state index contributed by atoms with van der Waals surface area (Å²) in [6, 6.07) is 4.22. The van der Waals surface area contributed by atoms with Crippen molar-refractivity contribution in [3.8, 4) is 0 Å².